The van der Waals surface area contributed by atoms with Crippen molar-refractivity contribution >= 4 is 40.2 Å². The number of amides is 1. The number of nitro groups is 1. The van der Waals surface area contributed by atoms with Gasteiger partial charge in [0.2, 0.25) is 5.91 Å². The Morgan fingerprint density at radius 3 is 2.80 bits per heavy atom. The van der Waals surface area contributed by atoms with Crippen molar-refractivity contribution in [2.24, 2.45) is 5.73 Å². The number of nitro benzene ring substituents is 1. The quantitative estimate of drug-likeness (QED) is 0.670. The molecule has 0 spiro atoms. The lowest BCUT2D eigenvalue weighted by molar-refractivity contribution is -0.384. The molecule has 1 atom stereocenters. The van der Waals surface area contributed by atoms with E-state index in [-0.39, 0.29) is 16.4 Å². The van der Waals surface area contributed by atoms with Crippen LogP contribution in [0.3, 0.4) is 0 Å². The number of thiophene rings is 1. The first-order valence-corrected chi connectivity index (χ1v) is 6.78. The minimum absolute atomic E-state index is 0.00977. The molecule has 2 rings (SSSR count). The smallest absolute Gasteiger partial charge is 0.289 e. The Morgan fingerprint density at radius 1 is 1.45 bits per heavy atom. The zero-order valence-corrected chi connectivity index (χ0v) is 11.6. The number of nitrogens with two attached hydrogens (primary N) is 1. The van der Waals surface area contributed by atoms with E-state index in [1.54, 1.807) is 12.1 Å². The minimum atomic E-state index is -0.815. The first-order chi connectivity index (χ1) is 9.49. The van der Waals surface area contributed by atoms with Crippen LogP contribution in [0.25, 0.3) is 0 Å². The van der Waals surface area contributed by atoms with E-state index in [1.807, 2.05) is 5.38 Å². The molecular weight excluding hydrogens is 302 g/mol. The molecule has 1 heterocycles. The van der Waals surface area contributed by atoms with Crippen LogP contribution in [-0.2, 0) is 4.79 Å². The minimum Gasteiger partial charge on any atom is -0.324 e. The Hall–Kier alpha value is -1.96. The third-order valence-corrected chi connectivity index (χ3v) is 3.82. The fraction of sp³-hybridized carbons (Fsp3) is 0.0833. The maximum atomic E-state index is 11.9. The fourth-order valence-electron chi connectivity index (χ4n) is 1.55. The molecule has 0 aliphatic heterocycles. The molecular formula is C12H10ClN3O3S. The number of nitrogens with zero attached hydrogens (tertiary/aromatic N) is 1. The van der Waals surface area contributed by atoms with Crippen molar-refractivity contribution in [1.29, 1.82) is 0 Å². The van der Waals surface area contributed by atoms with Crippen LogP contribution < -0.4 is 11.1 Å². The number of carbonyl (C=O) groups is 1. The lowest BCUT2D eigenvalue weighted by Gasteiger charge is -2.10. The van der Waals surface area contributed by atoms with Crippen molar-refractivity contribution in [2.75, 3.05) is 5.32 Å². The van der Waals surface area contributed by atoms with Crippen LogP contribution in [-0.4, -0.2) is 10.8 Å². The van der Waals surface area contributed by atoms with Crippen LogP contribution in [0.2, 0.25) is 5.02 Å². The Kier molecular flexibility index (Phi) is 4.33. The molecule has 6 nitrogen and oxygen atoms in total. The second-order valence-electron chi connectivity index (χ2n) is 3.91. The van der Waals surface area contributed by atoms with E-state index in [0.29, 0.717) is 4.88 Å². The van der Waals surface area contributed by atoms with Crippen molar-refractivity contribution in [3.8, 4) is 0 Å². The van der Waals surface area contributed by atoms with E-state index in [0.717, 1.165) is 0 Å². The zero-order chi connectivity index (χ0) is 14.7. The van der Waals surface area contributed by atoms with Gasteiger partial charge in [0.05, 0.1) is 4.92 Å². The van der Waals surface area contributed by atoms with Gasteiger partial charge < -0.3 is 11.1 Å². The lowest BCUT2D eigenvalue weighted by atomic mass is 10.2. The molecule has 20 heavy (non-hydrogen) atoms. The second kappa shape index (κ2) is 6.00. The molecule has 1 aromatic carbocycles. The summed E-state index contributed by atoms with van der Waals surface area (Å²) in [7, 11) is 0. The number of anilines is 1. The first-order valence-electron chi connectivity index (χ1n) is 5.53. The predicted octanol–water partition coefficient (Wildman–Crippen LogP) is 2.95. The number of benzene rings is 1. The van der Waals surface area contributed by atoms with Gasteiger partial charge in [-0.05, 0) is 23.6 Å². The number of rotatable bonds is 4. The standard InChI is InChI=1S/C12H10ClN3O3S/c13-8-4-3-7(6-9(8)16(18)19)15-12(17)11(14)10-2-1-5-20-10/h1-6,11H,14H2,(H,15,17). The topological polar surface area (TPSA) is 98.3 Å². The van der Waals surface area contributed by atoms with Crippen LogP contribution in [0.15, 0.2) is 35.7 Å². The van der Waals surface area contributed by atoms with Crippen LogP contribution in [0.1, 0.15) is 10.9 Å². The van der Waals surface area contributed by atoms with Gasteiger partial charge in [-0.1, -0.05) is 17.7 Å². The summed E-state index contributed by atoms with van der Waals surface area (Å²) in [5.74, 6) is -0.441. The van der Waals surface area contributed by atoms with Gasteiger partial charge in [-0.3, -0.25) is 14.9 Å². The average Bonchev–Trinajstić information content (AvgIpc) is 2.93. The number of carbonyl (C=O) groups excluding carboxylic acids is 1. The van der Waals surface area contributed by atoms with Gasteiger partial charge in [0.15, 0.2) is 0 Å². The highest BCUT2D eigenvalue weighted by Gasteiger charge is 2.19. The molecule has 2 aromatic rings. The van der Waals surface area contributed by atoms with Crippen molar-refractivity contribution in [3.63, 3.8) is 0 Å². The van der Waals surface area contributed by atoms with Crippen LogP contribution in [0, 0.1) is 10.1 Å². The molecule has 1 unspecified atom stereocenters. The van der Waals surface area contributed by atoms with E-state index in [9.17, 15) is 14.9 Å². The maximum absolute atomic E-state index is 11.9. The second-order valence-corrected chi connectivity index (χ2v) is 5.29. The molecule has 0 bridgehead atoms. The lowest BCUT2D eigenvalue weighted by Crippen LogP contribution is -2.26. The summed E-state index contributed by atoms with van der Waals surface area (Å²) in [6.45, 7) is 0. The normalized spacial score (nSPS) is 11.9. The highest BCUT2D eigenvalue weighted by Crippen LogP contribution is 2.28. The van der Waals surface area contributed by atoms with E-state index >= 15 is 0 Å². The van der Waals surface area contributed by atoms with Gasteiger partial charge in [0.1, 0.15) is 11.1 Å². The highest BCUT2D eigenvalue weighted by molar-refractivity contribution is 7.10. The summed E-state index contributed by atoms with van der Waals surface area (Å²) in [6.07, 6.45) is 0. The maximum Gasteiger partial charge on any atom is 0.289 e. The van der Waals surface area contributed by atoms with Gasteiger partial charge in [-0.2, -0.15) is 0 Å². The Morgan fingerprint density at radius 2 is 2.20 bits per heavy atom. The van der Waals surface area contributed by atoms with Crippen molar-refractivity contribution in [2.45, 2.75) is 6.04 Å². The predicted molar refractivity (Wildman–Crippen MR) is 78.0 cm³/mol. The van der Waals surface area contributed by atoms with Crippen LogP contribution >= 0.6 is 22.9 Å². The van der Waals surface area contributed by atoms with E-state index in [4.69, 9.17) is 17.3 Å². The molecule has 0 aliphatic rings. The molecule has 1 amide bonds. The summed E-state index contributed by atoms with van der Waals surface area (Å²) in [6, 6.07) is 6.76. The molecule has 0 aliphatic carbocycles. The molecule has 0 saturated heterocycles. The summed E-state index contributed by atoms with van der Waals surface area (Å²) < 4.78 is 0. The molecule has 0 radical (unpaired) electrons. The number of nitrogens with one attached hydrogen (secondary N) is 1. The number of hydrogen-bond donors (Lipinski definition) is 2. The van der Waals surface area contributed by atoms with Crippen molar-refractivity contribution in [1.82, 2.24) is 0 Å². The average molecular weight is 312 g/mol. The van der Waals surface area contributed by atoms with Gasteiger partial charge >= 0.3 is 0 Å². The highest BCUT2D eigenvalue weighted by atomic mass is 35.5. The Bertz CT molecular complexity index is 645. The van der Waals surface area contributed by atoms with Crippen molar-refractivity contribution < 1.29 is 9.72 Å². The third kappa shape index (κ3) is 3.13. The van der Waals surface area contributed by atoms with Gasteiger partial charge in [-0.15, -0.1) is 11.3 Å². The van der Waals surface area contributed by atoms with E-state index < -0.39 is 16.9 Å². The van der Waals surface area contributed by atoms with Gasteiger partial charge in [0, 0.05) is 16.6 Å². The molecule has 0 saturated carbocycles. The van der Waals surface area contributed by atoms with Gasteiger partial charge in [-0.25, -0.2) is 0 Å². The van der Waals surface area contributed by atoms with E-state index in [1.165, 1.54) is 29.5 Å². The summed E-state index contributed by atoms with van der Waals surface area (Å²) in [5, 5.41) is 15.1. The Labute approximate surface area is 123 Å². The monoisotopic (exact) mass is 311 g/mol. The molecule has 1 aromatic heterocycles. The summed E-state index contributed by atoms with van der Waals surface area (Å²) in [4.78, 5) is 22.8. The zero-order valence-electron chi connectivity index (χ0n) is 10.1. The fourth-order valence-corrected chi connectivity index (χ4v) is 2.46. The largest absolute Gasteiger partial charge is 0.324 e. The Balaban J connectivity index is 2.16. The number of hydrogen-bond acceptors (Lipinski definition) is 5. The SMILES string of the molecule is NC(C(=O)Nc1ccc(Cl)c([N+](=O)[O-])c1)c1cccs1. The summed E-state index contributed by atoms with van der Waals surface area (Å²) in [5.41, 5.74) is 5.80. The molecule has 0 fully saturated rings. The summed E-state index contributed by atoms with van der Waals surface area (Å²) >= 11 is 7.06. The van der Waals surface area contributed by atoms with Crippen LogP contribution in [0.5, 0.6) is 0 Å². The van der Waals surface area contributed by atoms with Gasteiger partial charge in [0.25, 0.3) is 5.69 Å². The molecule has 3 N–H and O–H groups in total. The molecule has 8 heteroatoms. The molecule has 104 valence electrons. The first kappa shape index (κ1) is 14.4. The van der Waals surface area contributed by atoms with E-state index in [2.05, 4.69) is 5.32 Å². The van der Waals surface area contributed by atoms with Crippen LogP contribution in [0.4, 0.5) is 11.4 Å². The third-order valence-electron chi connectivity index (χ3n) is 2.54. The van der Waals surface area contributed by atoms with Crippen molar-refractivity contribution in [3.05, 3.63) is 55.7 Å². The number of halogens is 1.